The van der Waals surface area contributed by atoms with Crippen molar-refractivity contribution in [3.05, 3.63) is 64.1 Å². The van der Waals surface area contributed by atoms with E-state index >= 15 is 0 Å². The molecule has 0 fully saturated rings. The zero-order valence-electron chi connectivity index (χ0n) is 9.50. The van der Waals surface area contributed by atoms with E-state index in [1.54, 1.807) is 18.2 Å². The van der Waals surface area contributed by atoms with Crippen LogP contribution in [-0.4, -0.2) is 23.1 Å². The molecule has 0 atom stereocenters. The van der Waals surface area contributed by atoms with E-state index in [0.717, 1.165) is 5.56 Å². The van der Waals surface area contributed by atoms with Gasteiger partial charge in [-0.1, -0.05) is 29.3 Å². The van der Waals surface area contributed by atoms with E-state index in [4.69, 9.17) is 27.9 Å². The Morgan fingerprint density at radius 1 is 1.00 bits per heavy atom. The van der Waals surface area contributed by atoms with Gasteiger partial charge in [-0.25, -0.2) is 0 Å². The summed E-state index contributed by atoms with van der Waals surface area (Å²) in [7, 11) is 0. The molecule has 0 saturated heterocycles. The van der Waals surface area contributed by atoms with Crippen molar-refractivity contribution in [2.45, 2.75) is 6.61 Å². The molecule has 0 amide bonds. The van der Waals surface area contributed by atoms with Crippen molar-refractivity contribution in [3.63, 3.8) is 0 Å². The molecule has 5 heteroatoms. The summed E-state index contributed by atoms with van der Waals surface area (Å²) in [5.41, 5.74) is 0.795. The smallest absolute Gasteiger partial charge is 1.00 e. The minimum atomic E-state index is 0. The fourth-order valence-corrected chi connectivity index (χ4v) is 1.79. The van der Waals surface area contributed by atoms with Gasteiger partial charge in [-0.05, 0) is 12.1 Å². The maximum Gasteiger partial charge on any atom is 2.00 e. The molecule has 0 radical (unpaired) electrons. The van der Waals surface area contributed by atoms with Crippen LogP contribution in [0.4, 0.5) is 0 Å². The second-order valence-electron chi connectivity index (χ2n) is 3.22. The largest absolute Gasteiger partial charge is 2.00 e. The fourth-order valence-electron chi connectivity index (χ4n) is 1.29. The maximum atomic E-state index is 6.02. The van der Waals surface area contributed by atoms with E-state index in [2.05, 4.69) is 6.07 Å². The van der Waals surface area contributed by atoms with Crippen molar-refractivity contribution < 1.29 is 21.7 Å². The summed E-state index contributed by atoms with van der Waals surface area (Å²) >= 11 is 12.0. The standard InChI is InChI=1S/C13H9Cl2O.BrH.Mg/c14-12-7-4-8-13(15)11(12)9-16-10-5-2-1-3-6-10;;/h1-5,7-8H,9H2;1H;/q-1;;+2/p-1. The van der Waals surface area contributed by atoms with Gasteiger partial charge < -0.3 is 21.7 Å². The first-order chi connectivity index (χ1) is 7.77. The number of rotatable bonds is 3. The topological polar surface area (TPSA) is 9.23 Å². The molecule has 2 aromatic carbocycles. The zero-order valence-corrected chi connectivity index (χ0v) is 14.0. The molecule has 2 aromatic rings. The van der Waals surface area contributed by atoms with Gasteiger partial charge in [0.25, 0.3) is 0 Å². The Labute approximate surface area is 143 Å². The van der Waals surface area contributed by atoms with Crippen LogP contribution < -0.4 is 21.7 Å². The Balaban J connectivity index is 0.00000144. The summed E-state index contributed by atoms with van der Waals surface area (Å²) in [6.07, 6.45) is 0. The fraction of sp³-hybridized carbons (Fsp3) is 0.0769. The molecule has 0 aliphatic carbocycles. The predicted molar refractivity (Wildman–Crippen MR) is 71.8 cm³/mol. The molecular weight excluding hydrogens is 347 g/mol. The Hall–Kier alpha value is 0.0662. The molecule has 18 heavy (non-hydrogen) atoms. The van der Waals surface area contributed by atoms with Crippen LogP contribution in [0.25, 0.3) is 0 Å². The quantitative estimate of drug-likeness (QED) is 0.589. The molecule has 0 unspecified atom stereocenters. The van der Waals surface area contributed by atoms with Crippen LogP contribution in [0.15, 0.2) is 42.5 Å². The van der Waals surface area contributed by atoms with Crippen LogP contribution in [0.2, 0.25) is 10.0 Å². The average Bonchev–Trinajstić information content (AvgIpc) is 2.30. The number of hydrogen-bond acceptors (Lipinski definition) is 1. The van der Waals surface area contributed by atoms with Crippen LogP contribution in [0.1, 0.15) is 5.56 Å². The van der Waals surface area contributed by atoms with Crippen LogP contribution >= 0.6 is 23.2 Å². The van der Waals surface area contributed by atoms with Gasteiger partial charge in [0, 0.05) is 21.4 Å². The normalized spacial score (nSPS) is 9.00. The van der Waals surface area contributed by atoms with Gasteiger partial charge in [0.05, 0.1) is 0 Å². The first-order valence-corrected chi connectivity index (χ1v) is 5.55. The summed E-state index contributed by atoms with van der Waals surface area (Å²) in [4.78, 5) is 0. The van der Waals surface area contributed by atoms with Gasteiger partial charge in [0.2, 0.25) is 0 Å². The third-order valence-corrected chi connectivity index (χ3v) is 2.82. The van der Waals surface area contributed by atoms with E-state index in [9.17, 15) is 0 Å². The van der Waals surface area contributed by atoms with Crippen molar-refractivity contribution in [3.8, 4) is 5.75 Å². The van der Waals surface area contributed by atoms with E-state index in [1.165, 1.54) is 0 Å². The molecular formula is C13H9BrCl2MgO. The Morgan fingerprint density at radius 2 is 1.67 bits per heavy atom. The third-order valence-electron chi connectivity index (χ3n) is 2.11. The van der Waals surface area contributed by atoms with Gasteiger partial charge in [0.15, 0.2) is 0 Å². The van der Waals surface area contributed by atoms with Gasteiger partial charge in [-0.15, -0.1) is 12.1 Å². The monoisotopic (exact) mass is 354 g/mol. The van der Waals surface area contributed by atoms with E-state index < -0.39 is 0 Å². The minimum absolute atomic E-state index is 0. The van der Waals surface area contributed by atoms with E-state index in [1.807, 2.05) is 24.3 Å². The number of halogens is 3. The van der Waals surface area contributed by atoms with Crippen LogP contribution in [0.5, 0.6) is 5.75 Å². The molecule has 0 aliphatic rings. The van der Waals surface area contributed by atoms with Gasteiger partial charge in [0.1, 0.15) is 6.61 Å². The minimum Gasteiger partial charge on any atom is -1.00 e. The first-order valence-electron chi connectivity index (χ1n) is 4.80. The molecule has 0 heterocycles. The summed E-state index contributed by atoms with van der Waals surface area (Å²) in [5.74, 6) is 0.679. The Morgan fingerprint density at radius 3 is 2.22 bits per heavy atom. The van der Waals surface area contributed by atoms with Crippen molar-refractivity contribution in [1.29, 1.82) is 0 Å². The van der Waals surface area contributed by atoms with Crippen molar-refractivity contribution >= 4 is 46.3 Å². The first kappa shape index (κ1) is 18.1. The number of benzene rings is 2. The molecule has 0 bridgehead atoms. The van der Waals surface area contributed by atoms with Crippen LogP contribution in [0, 0.1) is 6.07 Å². The number of hydrogen-bond donors (Lipinski definition) is 0. The summed E-state index contributed by atoms with van der Waals surface area (Å²) in [5, 5.41) is 1.23. The Bertz CT molecular complexity index is 459. The average molecular weight is 356 g/mol. The molecule has 0 saturated carbocycles. The number of ether oxygens (including phenoxy) is 1. The van der Waals surface area contributed by atoms with Crippen molar-refractivity contribution in [2.75, 3.05) is 0 Å². The van der Waals surface area contributed by atoms with Crippen molar-refractivity contribution in [1.82, 2.24) is 0 Å². The molecule has 90 valence electrons. The second-order valence-corrected chi connectivity index (χ2v) is 4.03. The third kappa shape index (κ3) is 4.98. The number of para-hydroxylation sites is 1. The zero-order chi connectivity index (χ0) is 11.4. The molecule has 0 spiro atoms. The van der Waals surface area contributed by atoms with Crippen LogP contribution in [-0.2, 0) is 6.61 Å². The van der Waals surface area contributed by atoms with Crippen molar-refractivity contribution in [2.24, 2.45) is 0 Å². The van der Waals surface area contributed by atoms with E-state index in [0.29, 0.717) is 22.4 Å². The summed E-state index contributed by atoms with van der Waals surface area (Å²) in [6.45, 7) is 0.346. The van der Waals surface area contributed by atoms with E-state index in [-0.39, 0.29) is 40.0 Å². The molecule has 0 aromatic heterocycles. The van der Waals surface area contributed by atoms with Gasteiger partial charge in [-0.3, -0.25) is 0 Å². The predicted octanol–water partition coefficient (Wildman–Crippen LogP) is 0.996. The molecule has 2 rings (SSSR count). The maximum absolute atomic E-state index is 6.02. The van der Waals surface area contributed by atoms with Gasteiger partial charge >= 0.3 is 23.1 Å². The molecule has 0 N–H and O–H groups in total. The van der Waals surface area contributed by atoms with Crippen LogP contribution in [0.3, 0.4) is 0 Å². The Kier molecular flexibility index (Phi) is 9.08. The molecule has 1 nitrogen and oxygen atoms in total. The van der Waals surface area contributed by atoms with Gasteiger partial charge in [-0.2, -0.15) is 18.2 Å². The SMILES string of the molecule is Clc1cccc(Cl)c1COc1[c-]cccc1.[Br-].[Mg+2]. The summed E-state index contributed by atoms with van der Waals surface area (Å²) in [6, 6.07) is 15.8. The summed E-state index contributed by atoms with van der Waals surface area (Å²) < 4.78 is 5.53. The molecule has 0 aliphatic heterocycles. The second kappa shape index (κ2) is 9.05.